The zero-order valence-electron chi connectivity index (χ0n) is 12.8. The summed E-state index contributed by atoms with van der Waals surface area (Å²) in [7, 11) is 0. The fraction of sp³-hybridized carbons (Fsp3) is 0.571. The molecule has 0 N–H and O–H groups in total. The first kappa shape index (κ1) is 13.8. The molecule has 0 aliphatic carbocycles. The van der Waals surface area contributed by atoms with Crippen molar-refractivity contribution in [2.45, 2.75) is 46.7 Å². The van der Waals surface area contributed by atoms with Crippen LogP contribution >= 0.6 is 0 Å². The lowest BCUT2D eigenvalue weighted by Crippen LogP contribution is -2.39. The van der Waals surface area contributed by atoms with E-state index in [0.29, 0.717) is 36.0 Å². The third-order valence-electron chi connectivity index (χ3n) is 3.83. The number of amides is 1. The van der Waals surface area contributed by atoms with E-state index < -0.39 is 0 Å². The Hall–Kier alpha value is -2.18. The zero-order valence-corrected chi connectivity index (χ0v) is 12.8. The molecule has 0 saturated heterocycles. The van der Waals surface area contributed by atoms with Crippen molar-refractivity contribution in [3.63, 3.8) is 0 Å². The minimum absolute atomic E-state index is 0.0494. The SMILES string of the molecule is Cc1noc(C)c1C(=O)N1CCn2c(nnc2C(C)C)C1. The summed E-state index contributed by atoms with van der Waals surface area (Å²) in [5.74, 6) is 2.66. The lowest BCUT2D eigenvalue weighted by molar-refractivity contribution is 0.0704. The van der Waals surface area contributed by atoms with Crippen molar-refractivity contribution in [1.82, 2.24) is 24.8 Å². The van der Waals surface area contributed by atoms with E-state index in [1.54, 1.807) is 18.7 Å². The molecule has 0 radical (unpaired) electrons. The smallest absolute Gasteiger partial charge is 0.259 e. The van der Waals surface area contributed by atoms with Crippen LogP contribution in [0.1, 0.15) is 53.2 Å². The van der Waals surface area contributed by atoms with Crippen molar-refractivity contribution >= 4 is 5.91 Å². The highest BCUT2D eigenvalue weighted by molar-refractivity contribution is 5.96. The van der Waals surface area contributed by atoms with E-state index in [9.17, 15) is 4.79 Å². The average Bonchev–Trinajstić information content (AvgIpc) is 3.01. The molecule has 0 bridgehead atoms. The van der Waals surface area contributed by atoms with Gasteiger partial charge in [0.05, 0.1) is 12.2 Å². The van der Waals surface area contributed by atoms with Crippen LogP contribution in [0.4, 0.5) is 0 Å². The summed E-state index contributed by atoms with van der Waals surface area (Å²) in [5, 5.41) is 12.3. The molecule has 2 aromatic rings. The van der Waals surface area contributed by atoms with Gasteiger partial charge in [0.15, 0.2) is 5.82 Å². The Labute approximate surface area is 122 Å². The van der Waals surface area contributed by atoms with Crippen molar-refractivity contribution in [2.24, 2.45) is 0 Å². The fourth-order valence-electron chi connectivity index (χ4n) is 2.73. The monoisotopic (exact) mass is 289 g/mol. The average molecular weight is 289 g/mol. The van der Waals surface area contributed by atoms with Gasteiger partial charge in [-0.15, -0.1) is 10.2 Å². The lowest BCUT2D eigenvalue weighted by atomic mass is 10.1. The Morgan fingerprint density at radius 1 is 1.24 bits per heavy atom. The van der Waals surface area contributed by atoms with Crippen molar-refractivity contribution < 1.29 is 9.32 Å². The summed E-state index contributed by atoms with van der Waals surface area (Å²) in [6, 6.07) is 0. The topological polar surface area (TPSA) is 77.0 Å². The summed E-state index contributed by atoms with van der Waals surface area (Å²) in [4.78, 5) is 14.4. The predicted molar refractivity (Wildman–Crippen MR) is 74.8 cm³/mol. The van der Waals surface area contributed by atoms with Gasteiger partial charge in [-0.3, -0.25) is 4.79 Å². The van der Waals surface area contributed by atoms with Crippen LogP contribution in [-0.4, -0.2) is 37.3 Å². The highest BCUT2D eigenvalue weighted by atomic mass is 16.5. The van der Waals surface area contributed by atoms with E-state index in [1.807, 2.05) is 0 Å². The van der Waals surface area contributed by atoms with Crippen molar-refractivity contribution in [2.75, 3.05) is 6.54 Å². The second-order valence-electron chi connectivity index (χ2n) is 5.71. The molecule has 1 amide bonds. The quantitative estimate of drug-likeness (QED) is 0.840. The lowest BCUT2D eigenvalue weighted by Gasteiger charge is -2.28. The number of carbonyl (C=O) groups excluding carboxylic acids is 1. The van der Waals surface area contributed by atoms with Crippen molar-refractivity contribution in [3.8, 4) is 0 Å². The largest absolute Gasteiger partial charge is 0.361 e. The van der Waals surface area contributed by atoms with E-state index in [-0.39, 0.29) is 5.91 Å². The number of carbonyl (C=O) groups is 1. The molecule has 7 heteroatoms. The number of hydrogen-bond acceptors (Lipinski definition) is 5. The van der Waals surface area contributed by atoms with Gasteiger partial charge in [0.2, 0.25) is 0 Å². The molecular formula is C14H19N5O2. The van der Waals surface area contributed by atoms with Crippen LogP contribution in [-0.2, 0) is 13.1 Å². The third-order valence-corrected chi connectivity index (χ3v) is 3.83. The second kappa shape index (κ2) is 4.98. The highest BCUT2D eigenvalue weighted by Gasteiger charge is 2.29. The first-order valence-electron chi connectivity index (χ1n) is 7.13. The first-order chi connectivity index (χ1) is 9.99. The number of aryl methyl sites for hydroxylation is 2. The first-order valence-corrected chi connectivity index (χ1v) is 7.13. The van der Waals surface area contributed by atoms with Gasteiger partial charge in [0, 0.05) is 19.0 Å². The normalized spacial score (nSPS) is 14.6. The minimum atomic E-state index is -0.0494. The van der Waals surface area contributed by atoms with Gasteiger partial charge in [0.25, 0.3) is 5.91 Å². The Morgan fingerprint density at radius 2 is 2.00 bits per heavy atom. The summed E-state index contributed by atoms with van der Waals surface area (Å²) >= 11 is 0. The molecule has 0 spiro atoms. The Balaban J connectivity index is 1.85. The van der Waals surface area contributed by atoms with Gasteiger partial charge >= 0.3 is 0 Å². The van der Waals surface area contributed by atoms with Gasteiger partial charge < -0.3 is 14.0 Å². The molecule has 1 aliphatic rings. The fourth-order valence-corrected chi connectivity index (χ4v) is 2.73. The van der Waals surface area contributed by atoms with E-state index in [0.717, 1.165) is 18.2 Å². The molecule has 0 aromatic carbocycles. The summed E-state index contributed by atoms with van der Waals surface area (Å²) in [5.41, 5.74) is 1.19. The van der Waals surface area contributed by atoms with Gasteiger partial charge in [0.1, 0.15) is 17.1 Å². The van der Waals surface area contributed by atoms with Crippen LogP contribution in [0.5, 0.6) is 0 Å². The summed E-state index contributed by atoms with van der Waals surface area (Å²) in [6.45, 7) is 9.59. The van der Waals surface area contributed by atoms with E-state index in [2.05, 4.69) is 33.8 Å². The Morgan fingerprint density at radius 3 is 2.62 bits per heavy atom. The highest BCUT2D eigenvalue weighted by Crippen LogP contribution is 2.21. The summed E-state index contributed by atoms with van der Waals surface area (Å²) < 4.78 is 7.19. The van der Waals surface area contributed by atoms with Crippen LogP contribution in [0.3, 0.4) is 0 Å². The molecule has 7 nitrogen and oxygen atoms in total. The number of fused-ring (bicyclic) bond motifs is 1. The van der Waals surface area contributed by atoms with Crippen LogP contribution in [0.25, 0.3) is 0 Å². The van der Waals surface area contributed by atoms with Crippen molar-refractivity contribution in [3.05, 3.63) is 28.7 Å². The van der Waals surface area contributed by atoms with E-state index in [1.165, 1.54) is 0 Å². The minimum Gasteiger partial charge on any atom is -0.361 e. The molecule has 21 heavy (non-hydrogen) atoms. The predicted octanol–water partition coefficient (Wildman–Crippen LogP) is 1.66. The molecule has 0 atom stereocenters. The number of nitrogens with zero attached hydrogens (tertiary/aromatic N) is 5. The maximum atomic E-state index is 12.6. The second-order valence-corrected chi connectivity index (χ2v) is 5.71. The standard InChI is InChI=1S/C14H19N5O2/c1-8(2)13-16-15-11-7-18(5-6-19(11)13)14(20)12-9(3)17-21-10(12)4/h8H,5-7H2,1-4H3. The maximum absolute atomic E-state index is 12.6. The van der Waals surface area contributed by atoms with Crippen LogP contribution in [0.2, 0.25) is 0 Å². The Kier molecular flexibility index (Phi) is 3.27. The zero-order chi connectivity index (χ0) is 15.1. The van der Waals surface area contributed by atoms with Crippen LogP contribution in [0.15, 0.2) is 4.52 Å². The molecule has 3 heterocycles. The Bertz CT molecular complexity index is 666. The molecule has 0 fully saturated rings. The molecule has 112 valence electrons. The summed E-state index contributed by atoms with van der Waals surface area (Å²) in [6.07, 6.45) is 0. The molecule has 1 aliphatic heterocycles. The van der Waals surface area contributed by atoms with Gasteiger partial charge in [-0.25, -0.2) is 0 Å². The van der Waals surface area contributed by atoms with Gasteiger partial charge in [-0.1, -0.05) is 19.0 Å². The number of hydrogen-bond donors (Lipinski definition) is 0. The molecule has 2 aromatic heterocycles. The van der Waals surface area contributed by atoms with Crippen molar-refractivity contribution in [1.29, 1.82) is 0 Å². The maximum Gasteiger partial charge on any atom is 0.259 e. The molecule has 0 saturated carbocycles. The third kappa shape index (κ3) is 2.22. The van der Waals surface area contributed by atoms with E-state index >= 15 is 0 Å². The molecular weight excluding hydrogens is 270 g/mol. The molecule has 0 unspecified atom stereocenters. The van der Waals surface area contributed by atoms with Gasteiger partial charge in [-0.05, 0) is 13.8 Å². The number of aromatic nitrogens is 4. The van der Waals surface area contributed by atoms with Gasteiger partial charge in [-0.2, -0.15) is 0 Å². The van der Waals surface area contributed by atoms with E-state index in [4.69, 9.17) is 4.52 Å². The van der Waals surface area contributed by atoms with Crippen LogP contribution in [0, 0.1) is 13.8 Å². The van der Waals surface area contributed by atoms with Crippen LogP contribution < -0.4 is 0 Å². The number of rotatable bonds is 2. The molecule has 3 rings (SSSR count).